The normalized spacial score (nSPS) is 12.0. The van der Waals surface area contributed by atoms with Gasteiger partial charge < -0.3 is 13.9 Å². The zero-order chi connectivity index (χ0) is 32.8. The molecule has 4 heteroatoms. The second kappa shape index (κ2) is 10.6. The third kappa shape index (κ3) is 3.91. The predicted octanol–water partition coefficient (Wildman–Crippen LogP) is 13.7. The molecule has 0 aliphatic carbocycles. The van der Waals surface area contributed by atoms with Gasteiger partial charge in [-0.15, -0.1) is 11.3 Å². The molecule has 0 aliphatic heterocycles. The molecule has 0 bridgehead atoms. The van der Waals surface area contributed by atoms with Crippen LogP contribution in [0, 0.1) is 0 Å². The van der Waals surface area contributed by atoms with Crippen molar-refractivity contribution in [3.05, 3.63) is 170 Å². The first kappa shape index (κ1) is 27.6. The predicted molar refractivity (Wildman–Crippen MR) is 213 cm³/mol. The van der Waals surface area contributed by atoms with Gasteiger partial charge in [0.1, 0.15) is 5.58 Å². The number of hydrogen-bond acceptors (Lipinski definition) is 3. The molecular formula is C46H28N2OS. The molecule has 50 heavy (non-hydrogen) atoms. The van der Waals surface area contributed by atoms with Gasteiger partial charge in [0, 0.05) is 53.1 Å². The Morgan fingerprint density at radius 1 is 0.460 bits per heavy atom. The summed E-state index contributed by atoms with van der Waals surface area (Å²) in [6, 6.07) is 61.2. The minimum absolute atomic E-state index is 0.873. The molecular weight excluding hydrogens is 629 g/mol. The van der Waals surface area contributed by atoms with E-state index in [1.165, 1.54) is 47.2 Å². The van der Waals surface area contributed by atoms with E-state index in [9.17, 15) is 0 Å². The highest BCUT2D eigenvalue weighted by molar-refractivity contribution is 7.26. The Morgan fingerprint density at radius 3 is 2.08 bits per heavy atom. The Morgan fingerprint density at radius 2 is 1.16 bits per heavy atom. The minimum Gasteiger partial charge on any atom is -0.454 e. The van der Waals surface area contributed by atoms with Crippen molar-refractivity contribution in [1.82, 2.24) is 4.57 Å². The summed E-state index contributed by atoms with van der Waals surface area (Å²) in [6.07, 6.45) is 0. The Labute approximate surface area is 291 Å². The van der Waals surface area contributed by atoms with Gasteiger partial charge in [-0.05, 0) is 77.5 Å². The van der Waals surface area contributed by atoms with Crippen LogP contribution >= 0.6 is 11.3 Å². The van der Waals surface area contributed by atoms with E-state index < -0.39 is 0 Å². The zero-order valence-corrected chi connectivity index (χ0v) is 27.7. The highest BCUT2D eigenvalue weighted by Gasteiger charge is 2.24. The standard InChI is InChI=1S/C46H28N2OS/c1-2-13-30(14-3-1)47-37-19-8-6-17-35(37)45-38(47)20-11-21-39(45)48(40-22-10-18-34-33-16-7-9-23-41(33)49-46(34)40)31-25-27-42-36(28-31)44-32-15-5-4-12-29(32)24-26-43(44)50-42/h1-28H. The molecule has 11 rings (SSSR count). The lowest BCUT2D eigenvalue weighted by atomic mass is 10.0. The van der Waals surface area contributed by atoms with Crippen LogP contribution in [0.4, 0.5) is 17.1 Å². The van der Waals surface area contributed by atoms with E-state index in [2.05, 4.69) is 173 Å². The van der Waals surface area contributed by atoms with E-state index in [0.717, 1.165) is 50.2 Å². The fourth-order valence-electron chi connectivity index (χ4n) is 8.03. The van der Waals surface area contributed by atoms with Crippen LogP contribution in [-0.4, -0.2) is 4.57 Å². The lowest BCUT2D eigenvalue weighted by molar-refractivity contribution is 0.669. The second-order valence-corrected chi connectivity index (χ2v) is 14.0. The van der Waals surface area contributed by atoms with E-state index in [0.29, 0.717) is 0 Å². The van der Waals surface area contributed by atoms with Crippen LogP contribution in [0.2, 0.25) is 0 Å². The fraction of sp³-hybridized carbons (Fsp3) is 0. The van der Waals surface area contributed by atoms with Crippen LogP contribution in [0.5, 0.6) is 0 Å². The van der Waals surface area contributed by atoms with Crippen molar-refractivity contribution in [2.45, 2.75) is 0 Å². The topological polar surface area (TPSA) is 21.3 Å². The highest BCUT2D eigenvalue weighted by Crippen LogP contribution is 2.48. The van der Waals surface area contributed by atoms with Crippen molar-refractivity contribution >= 4 is 103 Å². The van der Waals surface area contributed by atoms with Crippen molar-refractivity contribution < 1.29 is 4.42 Å². The van der Waals surface area contributed by atoms with Crippen molar-refractivity contribution in [2.24, 2.45) is 0 Å². The molecule has 11 aromatic rings. The van der Waals surface area contributed by atoms with Gasteiger partial charge in [-0.1, -0.05) is 103 Å². The van der Waals surface area contributed by atoms with Crippen LogP contribution in [0.15, 0.2) is 174 Å². The summed E-state index contributed by atoms with van der Waals surface area (Å²) in [4.78, 5) is 2.42. The second-order valence-electron chi connectivity index (χ2n) is 12.9. The Bertz CT molecular complexity index is 3110. The third-order valence-corrected chi connectivity index (χ3v) is 11.3. The van der Waals surface area contributed by atoms with Gasteiger partial charge in [-0.3, -0.25) is 0 Å². The fourth-order valence-corrected chi connectivity index (χ4v) is 9.13. The SMILES string of the molecule is c1ccc(-n2c3ccccc3c3c(N(c4ccc5sc6ccc7ccccc7c6c5c4)c4cccc5c4oc4ccccc45)cccc32)cc1. The first-order valence-electron chi connectivity index (χ1n) is 16.9. The number of furan rings is 1. The van der Waals surface area contributed by atoms with Crippen LogP contribution in [-0.2, 0) is 0 Å². The van der Waals surface area contributed by atoms with Crippen LogP contribution in [0.1, 0.15) is 0 Å². The van der Waals surface area contributed by atoms with E-state index in [1.54, 1.807) is 0 Å². The molecule has 0 spiro atoms. The quantitative estimate of drug-likeness (QED) is 0.188. The van der Waals surface area contributed by atoms with E-state index >= 15 is 0 Å². The largest absolute Gasteiger partial charge is 0.454 e. The first-order valence-corrected chi connectivity index (χ1v) is 17.8. The molecule has 0 unspecified atom stereocenters. The van der Waals surface area contributed by atoms with E-state index in [-0.39, 0.29) is 0 Å². The Kier molecular flexibility index (Phi) is 5.83. The number of nitrogens with zero attached hydrogens (tertiary/aromatic N) is 2. The number of hydrogen-bond donors (Lipinski definition) is 0. The number of rotatable bonds is 4. The number of aromatic nitrogens is 1. The van der Waals surface area contributed by atoms with Crippen molar-refractivity contribution in [3.8, 4) is 5.69 Å². The minimum atomic E-state index is 0.873. The number of anilines is 3. The molecule has 0 radical (unpaired) electrons. The number of benzene rings is 8. The summed E-state index contributed by atoms with van der Waals surface area (Å²) < 4.78 is 11.7. The molecule has 0 amide bonds. The van der Waals surface area contributed by atoms with Gasteiger partial charge in [-0.25, -0.2) is 0 Å². The van der Waals surface area contributed by atoms with E-state index in [4.69, 9.17) is 4.42 Å². The van der Waals surface area contributed by atoms with Crippen molar-refractivity contribution in [1.29, 1.82) is 0 Å². The van der Waals surface area contributed by atoms with Gasteiger partial charge in [0.25, 0.3) is 0 Å². The van der Waals surface area contributed by atoms with Crippen LogP contribution in [0.25, 0.3) is 80.4 Å². The zero-order valence-electron chi connectivity index (χ0n) is 26.9. The third-order valence-electron chi connectivity index (χ3n) is 10.2. The summed E-state index contributed by atoms with van der Waals surface area (Å²) in [5.41, 5.74) is 8.43. The molecule has 0 aliphatic rings. The molecule has 3 heterocycles. The van der Waals surface area contributed by atoms with Gasteiger partial charge in [0.2, 0.25) is 0 Å². The molecule has 3 nitrogen and oxygen atoms in total. The number of para-hydroxylation sites is 4. The summed E-state index contributed by atoms with van der Waals surface area (Å²) in [5.74, 6) is 0. The Balaban J connectivity index is 1.27. The molecule has 0 atom stereocenters. The van der Waals surface area contributed by atoms with Gasteiger partial charge in [0.05, 0.1) is 22.4 Å². The van der Waals surface area contributed by atoms with Gasteiger partial charge in [0.15, 0.2) is 5.58 Å². The van der Waals surface area contributed by atoms with Crippen molar-refractivity contribution in [3.63, 3.8) is 0 Å². The summed E-state index contributed by atoms with van der Waals surface area (Å²) in [6.45, 7) is 0. The van der Waals surface area contributed by atoms with E-state index in [1.807, 2.05) is 17.4 Å². The molecule has 0 saturated carbocycles. The monoisotopic (exact) mass is 656 g/mol. The average molecular weight is 657 g/mol. The van der Waals surface area contributed by atoms with Crippen LogP contribution in [0.3, 0.4) is 0 Å². The summed E-state index contributed by atoms with van der Waals surface area (Å²) >= 11 is 1.86. The lowest BCUT2D eigenvalue weighted by Gasteiger charge is -2.27. The van der Waals surface area contributed by atoms with Gasteiger partial charge >= 0.3 is 0 Å². The smallest absolute Gasteiger partial charge is 0.159 e. The molecule has 8 aromatic carbocycles. The molecule has 234 valence electrons. The molecule has 0 fully saturated rings. The maximum absolute atomic E-state index is 6.74. The summed E-state index contributed by atoms with van der Waals surface area (Å²) in [5, 5.41) is 9.74. The molecule has 0 saturated heterocycles. The molecule has 0 N–H and O–H groups in total. The van der Waals surface area contributed by atoms with Crippen LogP contribution < -0.4 is 4.90 Å². The number of fused-ring (bicyclic) bond motifs is 11. The van der Waals surface area contributed by atoms with Crippen molar-refractivity contribution in [2.75, 3.05) is 4.90 Å². The highest BCUT2D eigenvalue weighted by atomic mass is 32.1. The average Bonchev–Trinajstić information content (AvgIpc) is 3.85. The van der Waals surface area contributed by atoms with Gasteiger partial charge in [-0.2, -0.15) is 0 Å². The summed E-state index contributed by atoms with van der Waals surface area (Å²) in [7, 11) is 0. The maximum atomic E-state index is 6.74. The lowest BCUT2D eigenvalue weighted by Crippen LogP contribution is -2.10. The first-order chi connectivity index (χ1) is 24.8. The Hall–Kier alpha value is -6.36. The number of thiophene rings is 1. The maximum Gasteiger partial charge on any atom is 0.159 e. The molecule has 3 aromatic heterocycles.